The van der Waals surface area contributed by atoms with Gasteiger partial charge in [-0.2, -0.15) is 8.42 Å². The Bertz CT molecular complexity index is 1400. The predicted molar refractivity (Wildman–Crippen MR) is 145 cm³/mol. The van der Waals surface area contributed by atoms with E-state index in [0.29, 0.717) is 37.9 Å². The van der Waals surface area contributed by atoms with E-state index in [2.05, 4.69) is 15.8 Å². The Morgan fingerprint density at radius 2 is 1.26 bits per heavy atom. The van der Waals surface area contributed by atoms with Gasteiger partial charge in [-0.3, -0.25) is 9.59 Å². The fraction of sp³-hybridized carbons (Fsp3) is 0.333. The number of hydrogen-bond donors (Lipinski definition) is 5. The number of fused-ring (bicyclic) bond motifs is 2. The monoisotopic (exact) mass is 603 g/mol. The number of carbonyl (C=O) groups excluding carboxylic acids is 2. The average molecular weight is 604 g/mol. The Hall–Kier alpha value is -2.34. The van der Waals surface area contributed by atoms with E-state index >= 15 is 0 Å². The number of primary sulfonamides is 1. The van der Waals surface area contributed by atoms with Crippen LogP contribution in [-0.2, 0) is 64.2 Å². The molecular weight excluding hydrogens is 575 g/mol. The van der Waals surface area contributed by atoms with Crippen molar-refractivity contribution in [2.24, 2.45) is 16.0 Å². The van der Waals surface area contributed by atoms with Crippen molar-refractivity contribution in [3.8, 4) is 0 Å². The average Bonchev–Trinajstić information content (AvgIpc) is 3.38. The van der Waals surface area contributed by atoms with E-state index in [0.717, 1.165) is 27.7 Å². The van der Waals surface area contributed by atoms with Gasteiger partial charge in [-0.05, 0) is 46.0 Å². The van der Waals surface area contributed by atoms with Crippen molar-refractivity contribution in [3.05, 3.63) is 58.7 Å². The summed E-state index contributed by atoms with van der Waals surface area (Å²) in [6.45, 7) is 0.774. The van der Waals surface area contributed by atoms with Crippen LogP contribution >= 0.6 is 10.7 Å². The van der Waals surface area contributed by atoms with Crippen molar-refractivity contribution in [3.63, 3.8) is 0 Å². The van der Waals surface area contributed by atoms with Gasteiger partial charge in [0.25, 0.3) is 9.24 Å². The molecule has 2 aromatic rings. The van der Waals surface area contributed by atoms with E-state index < -0.39 is 45.0 Å². The highest BCUT2D eigenvalue weighted by molar-refractivity contribution is 8.11. The molecule has 18 heteroatoms. The third-order valence-corrected chi connectivity index (χ3v) is 6.26. The number of nitrogens with two attached hydrogens (primary N) is 3. The Balaban J connectivity index is 0.000000238. The van der Waals surface area contributed by atoms with E-state index in [4.69, 9.17) is 20.2 Å². The Labute approximate surface area is 231 Å². The maximum atomic E-state index is 11.5. The van der Waals surface area contributed by atoms with E-state index in [1.165, 1.54) is 0 Å². The zero-order valence-corrected chi connectivity index (χ0v) is 23.0. The van der Waals surface area contributed by atoms with Gasteiger partial charge in [0.05, 0.1) is 13.2 Å². The van der Waals surface area contributed by atoms with Crippen LogP contribution in [0.3, 0.4) is 0 Å². The molecule has 39 heavy (non-hydrogen) atoms. The van der Waals surface area contributed by atoms with Crippen molar-refractivity contribution in [2.45, 2.75) is 38.9 Å². The highest BCUT2D eigenvalue weighted by atomic mass is 35.7. The third kappa shape index (κ3) is 11.7. The summed E-state index contributed by atoms with van der Waals surface area (Å²) < 4.78 is 50.1. The van der Waals surface area contributed by atoms with E-state index in [9.17, 15) is 36.5 Å². The fourth-order valence-corrected chi connectivity index (χ4v) is 4.58. The van der Waals surface area contributed by atoms with E-state index in [1.54, 1.807) is 6.07 Å². The van der Waals surface area contributed by atoms with Crippen LogP contribution in [0.15, 0.2) is 36.4 Å². The van der Waals surface area contributed by atoms with Gasteiger partial charge in [-0.25, -0.2) is 18.7 Å². The molecule has 0 aromatic heterocycles. The summed E-state index contributed by atoms with van der Waals surface area (Å²) in [5.41, 5.74) is 10.2. The standard InChI is InChI=1S/C11H14BNO5S.C10H12BNO3.ClH2NO2S/c13-19(16,17)7-10(14)5-4-8-2-1-3-9-6-18-12(15)11(8)9;12-9(13)5-4-7-2-1-3-8-6-15-11(14)10(7)8;1-5(2,3)4/h1-3,15H,4-7H2,(H2,13,16,17);1-3,14H,4-6H2,(H2,12,13);(H2,2,3,4). The van der Waals surface area contributed by atoms with E-state index in [1.807, 2.05) is 30.3 Å². The summed E-state index contributed by atoms with van der Waals surface area (Å²) in [6.07, 6.45) is 1.28. The minimum atomic E-state index is -3.77. The number of amides is 1. The highest BCUT2D eigenvalue weighted by Gasteiger charge is 2.30. The van der Waals surface area contributed by atoms with Crippen LogP contribution in [0.2, 0.25) is 0 Å². The number of benzene rings is 2. The van der Waals surface area contributed by atoms with Gasteiger partial charge in [0.1, 0.15) is 11.5 Å². The van der Waals surface area contributed by atoms with Crippen LogP contribution in [-0.4, -0.2) is 58.6 Å². The SMILES string of the molecule is NC(=O)CCc1cccc2c1B(O)OC2.NS(=O)(=O)CC(=O)CCc1cccc2c1B(O)OC2.NS(=O)(=O)Cl. The number of Topliss-reactive ketones (excluding diaryl/α,β-unsaturated/α-hetero) is 1. The molecule has 0 saturated carbocycles. The van der Waals surface area contributed by atoms with Crippen LogP contribution in [0.4, 0.5) is 0 Å². The lowest BCUT2D eigenvalue weighted by molar-refractivity contribution is -0.118. The fourth-order valence-electron chi connectivity index (χ4n) is 3.99. The summed E-state index contributed by atoms with van der Waals surface area (Å²) in [5, 5.41) is 28.2. The first-order valence-electron chi connectivity index (χ1n) is 11.4. The zero-order chi connectivity index (χ0) is 29.4. The third-order valence-electron chi connectivity index (χ3n) is 5.54. The first-order valence-corrected chi connectivity index (χ1v) is 15.5. The number of primary amides is 1. The number of carbonyl (C=O) groups is 2. The highest BCUT2D eigenvalue weighted by Crippen LogP contribution is 2.15. The molecule has 0 radical (unpaired) electrons. The lowest BCUT2D eigenvalue weighted by Crippen LogP contribution is -2.32. The molecule has 0 spiro atoms. The van der Waals surface area contributed by atoms with Crippen molar-refractivity contribution in [1.29, 1.82) is 0 Å². The van der Waals surface area contributed by atoms with Crippen molar-refractivity contribution in [2.75, 3.05) is 5.75 Å². The number of hydrogen-bond acceptors (Lipinski definition) is 10. The first kappa shape index (κ1) is 32.9. The van der Waals surface area contributed by atoms with Gasteiger partial charge in [0.15, 0.2) is 0 Å². The molecule has 13 nitrogen and oxygen atoms in total. The predicted octanol–water partition coefficient (Wildman–Crippen LogP) is -2.55. The molecule has 2 aromatic carbocycles. The second-order valence-corrected chi connectivity index (χ2v) is 12.5. The van der Waals surface area contributed by atoms with Gasteiger partial charge in [0, 0.05) is 23.5 Å². The molecule has 0 atom stereocenters. The Morgan fingerprint density at radius 1 is 0.846 bits per heavy atom. The summed E-state index contributed by atoms with van der Waals surface area (Å²) in [4.78, 5) is 22.1. The van der Waals surface area contributed by atoms with Crippen LogP contribution < -0.4 is 26.9 Å². The topological polar surface area (TPSA) is 239 Å². The maximum absolute atomic E-state index is 11.5. The molecule has 4 rings (SSSR count). The van der Waals surface area contributed by atoms with Crippen molar-refractivity contribution >= 4 is 66.8 Å². The largest absolute Gasteiger partial charge is 0.492 e. The summed E-state index contributed by atoms with van der Waals surface area (Å²) in [5.74, 6) is -1.42. The molecule has 0 fully saturated rings. The molecule has 0 aliphatic carbocycles. The maximum Gasteiger partial charge on any atom is 0.492 e. The summed E-state index contributed by atoms with van der Waals surface area (Å²) in [6, 6.07) is 11.2. The second kappa shape index (κ2) is 14.3. The van der Waals surface area contributed by atoms with Crippen LogP contribution in [0.1, 0.15) is 35.1 Å². The Morgan fingerprint density at radius 3 is 1.64 bits per heavy atom. The zero-order valence-electron chi connectivity index (χ0n) is 20.7. The molecule has 2 aliphatic heterocycles. The minimum Gasteiger partial charge on any atom is -0.423 e. The van der Waals surface area contributed by atoms with Crippen LogP contribution in [0, 0.1) is 0 Å². The van der Waals surface area contributed by atoms with Crippen LogP contribution in [0.25, 0.3) is 0 Å². The number of sulfonamides is 1. The number of halogens is 1. The second-order valence-electron chi connectivity index (χ2n) is 8.59. The van der Waals surface area contributed by atoms with Gasteiger partial charge in [0.2, 0.25) is 15.9 Å². The molecule has 8 N–H and O–H groups in total. The first-order chi connectivity index (χ1) is 18.0. The smallest absolute Gasteiger partial charge is 0.423 e. The van der Waals surface area contributed by atoms with Gasteiger partial charge in [-0.1, -0.05) is 36.4 Å². The number of rotatable bonds is 8. The molecule has 1 amide bonds. The molecular formula is C21H28B2ClN3O10S2. The number of ketones is 1. The summed E-state index contributed by atoms with van der Waals surface area (Å²) >= 11 is 0. The molecule has 0 unspecified atom stereocenters. The quantitative estimate of drug-likeness (QED) is 0.156. The molecule has 0 saturated heterocycles. The van der Waals surface area contributed by atoms with Crippen molar-refractivity contribution < 1.29 is 45.8 Å². The summed E-state index contributed by atoms with van der Waals surface area (Å²) in [7, 11) is -5.02. The molecule has 2 heterocycles. The van der Waals surface area contributed by atoms with Gasteiger partial charge < -0.3 is 25.1 Å². The minimum absolute atomic E-state index is 0.0691. The van der Waals surface area contributed by atoms with E-state index in [-0.39, 0.29) is 12.3 Å². The van der Waals surface area contributed by atoms with Crippen LogP contribution in [0.5, 0.6) is 0 Å². The molecule has 0 bridgehead atoms. The normalized spacial score (nSPS) is 14.0. The van der Waals surface area contributed by atoms with Gasteiger partial charge in [-0.15, -0.1) is 0 Å². The van der Waals surface area contributed by atoms with Crippen molar-refractivity contribution in [1.82, 2.24) is 0 Å². The number of aryl methyl sites for hydroxylation is 2. The Kier molecular flexibility index (Phi) is 12.1. The lowest BCUT2D eigenvalue weighted by Gasteiger charge is -2.07. The van der Waals surface area contributed by atoms with Gasteiger partial charge >= 0.3 is 14.2 Å². The molecule has 212 valence electrons. The molecule has 2 aliphatic rings. The lowest BCUT2D eigenvalue weighted by atomic mass is 9.75.